The van der Waals surface area contributed by atoms with Crippen LogP contribution in [0.5, 0.6) is 0 Å². The molecule has 0 amide bonds. The van der Waals surface area contributed by atoms with Crippen molar-refractivity contribution in [1.82, 2.24) is 14.5 Å². The number of aryl methyl sites for hydroxylation is 1. The standard InChI is InChI=1S/C13H19N3O2/c1-9-14-4-5-15(9)6-7-16-10-2-3-12(16)11(8-10)13(17)18/h4-5,10-12H,2-3,6-8H2,1H3,(H,17,18). The predicted molar refractivity (Wildman–Crippen MR) is 66.2 cm³/mol. The summed E-state index contributed by atoms with van der Waals surface area (Å²) < 4.78 is 2.13. The highest BCUT2D eigenvalue weighted by molar-refractivity contribution is 5.71. The first-order valence-electron chi connectivity index (χ1n) is 6.63. The normalized spacial score (nSPS) is 31.1. The van der Waals surface area contributed by atoms with Crippen LogP contribution in [0.15, 0.2) is 12.4 Å². The van der Waals surface area contributed by atoms with Crippen molar-refractivity contribution in [2.45, 2.75) is 44.8 Å². The summed E-state index contributed by atoms with van der Waals surface area (Å²) in [6, 6.07) is 0.747. The first-order chi connectivity index (χ1) is 8.66. The Bertz CT molecular complexity index is 457. The predicted octanol–water partition coefficient (Wildman–Crippen LogP) is 1.13. The second-order valence-corrected chi connectivity index (χ2v) is 5.38. The maximum Gasteiger partial charge on any atom is 0.308 e. The third kappa shape index (κ3) is 1.82. The average Bonchev–Trinajstić information content (AvgIpc) is 3.01. The van der Waals surface area contributed by atoms with Gasteiger partial charge in [0.15, 0.2) is 0 Å². The van der Waals surface area contributed by atoms with Crippen LogP contribution < -0.4 is 0 Å². The van der Waals surface area contributed by atoms with E-state index in [0.29, 0.717) is 6.04 Å². The van der Waals surface area contributed by atoms with Crippen LogP contribution in [0, 0.1) is 12.8 Å². The summed E-state index contributed by atoms with van der Waals surface area (Å²) in [5.41, 5.74) is 0. The summed E-state index contributed by atoms with van der Waals surface area (Å²) in [7, 11) is 0. The molecule has 18 heavy (non-hydrogen) atoms. The van der Waals surface area contributed by atoms with Gasteiger partial charge in [0, 0.05) is 37.6 Å². The maximum absolute atomic E-state index is 11.2. The molecule has 2 aliphatic heterocycles. The average molecular weight is 249 g/mol. The number of hydrogen-bond acceptors (Lipinski definition) is 3. The van der Waals surface area contributed by atoms with Gasteiger partial charge in [-0.2, -0.15) is 0 Å². The molecule has 2 bridgehead atoms. The van der Waals surface area contributed by atoms with Crippen LogP contribution in [0.25, 0.3) is 0 Å². The molecule has 1 aromatic rings. The topological polar surface area (TPSA) is 58.4 Å². The molecule has 0 aromatic carbocycles. The van der Waals surface area contributed by atoms with Crippen molar-refractivity contribution < 1.29 is 9.90 Å². The van der Waals surface area contributed by atoms with E-state index in [1.165, 1.54) is 0 Å². The number of rotatable bonds is 4. The molecule has 3 rings (SSSR count). The van der Waals surface area contributed by atoms with Crippen molar-refractivity contribution in [3.05, 3.63) is 18.2 Å². The first kappa shape index (κ1) is 11.7. The van der Waals surface area contributed by atoms with Crippen LogP contribution in [0.3, 0.4) is 0 Å². The van der Waals surface area contributed by atoms with E-state index in [0.717, 1.165) is 38.2 Å². The maximum atomic E-state index is 11.2. The zero-order valence-electron chi connectivity index (χ0n) is 10.6. The zero-order chi connectivity index (χ0) is 12.7. The van der Waals surface area contributed by atoms with Gasteiger partial charge in [-0.1, -0.05) is 0 Å². The van der Waals surface area contributed by atoms with Crippen LogP contribution in [-0.4, -0.2) is 44.2 Å². The highest BCUT2D eigenvalue weighted by atomic mass is 16.4. The molecule has 2 aliphatic rings. The second-order valence-electron chi connectivity index (χ2n) is 5.38. The third-order valence-electron chi connectivity index (χ3n) is 4.52. The number of carboxylic acid groups (broad SMARTS) is 1. The Morgan fingerprint density at radius 2 is 2.33 bits per heavy atom. The van der Waals surface area contributed by atoms with Crippen LogP contribution in [0.2, 0.25) is 0 Å². The summed E-state index contributed by atoms with van der Waals surface area (Å²) in [6.07, 6.45) is 6.85. The van der Waals surface area contributed by atoms with E-state index in [1.807, 2.05) is 19.3 Å². The monoisotopic (exact) mass is 249 g/mol. The summed E-state index contributed by atoms with van der Waals surface area (Å²) in [6.45, 7) is 3.85. The number of carbonyl (C=O) groups is 1. The van der Waals surface area contributed by atoms with Gasteiger partial charge in [-0.05, 0) is 26.2 Å². The van der Waals surface area contributed by atoms with E-state index in [2.05, 4.69) is 14.5 Å². The SMILES string of the molecule is Cc1nccn1CCN1C2CCC1C(C(=O)O)C2. The van der Waals surface area contributed by atoms with E-state index in [4.69, 9.17) is 0 Å². The minimum atomic E-state index is -0.619. The molecule has 2 fully saturated rings. The molecule has 2 saturated heterocycles. The Morgan fingerprint density at radius 1 is 1.50 bits per heavy atom. The lowest BCUT2D eigenvalue weighted by atomic mass is 9.89. The van der Waals surface area contributed by atoms with Crippen LogP contribution in [0.4, 0.5) is 0 Å². The van der Waals surface area contributed by atoms with Gasteiger partial charge < -0.3 is 9.67 Å². The highest BCUT2D eigenvalue weighted by Crippen LogP contribution is 2.41. The van der Waals surface area contributed by atoms with Crippen molar-refractivity contribution in [2.24, 2.45) is 5.92 Å². The first-order valence-corrected chi connectivity index (χ1v) is 6.63. The molecule has 1 N–H and O–H groups in total. The quantitative estimate of drug-likeness (QED) is 0.869. The molecule has 3 atom stereocenters. The zero-order valence-corrected chi connectivity index (χ0v) is 10.6. The Balaban J connectivity index is 1.64. The van der Waals surface area contributed by atoms with Crippen LogP contribution in [-0.2, 0) is 11.3 Å². The summed E-state index contributed by atoms with van der Waals surface area (Å²) in [5.74, 6) is 0.259. The van der Waals surface area contributed by atoms with Crippen LogP contribution in [0.1, 0.15) is 25.1 Å². The molecule has 5 heteroatoms. The smallest absolute Gasteiger partial charge is 0.308 e. The van der Waals surface area contributed by atoms with Crippen LogP contribution >= 0.6 is 0 Å². The molecular weight excluding hydrogens is 230 g/mol. The minimum Gasteiger partial charge on any atom is -0.481 e. The lowest BCUT2D eigenvalue weighted by molar-refractivity contribution is -0.142. The van der Waals surface area contributed by atoms with E-state index in [1.54, 1.807) is 0 Å². The van der Waals surface area contributed by atoms with E-state index in [-0.39, 0.29) is 12.0 Å². The number of nitrogens with zero attached hydrogens (tertiary/aromatic N) is 3. The Kier molecular flexibility index (Phi) is 2.86. The summed E-state index contributed by atoms with van der Waals surface area (Å²) in [5, 5.41) is 9.21. The Morgan fingerprint density at radius 3 is 2.94 bits per heavy atom. The number of aliphatic carboxylic acids is 1. The Labute approximate surface area is 106 Å². The lowest BCUT2D eigenvalue weighted by Crippen LogP contribution is -2.35. The number of aromatic nitrogens is 2. The van der Waals surface area contributed by atoms with E-state index >= 15 is 0 Å². The molecule has 3 unspecified atom stereocenters. The molecule has 0 spiro atoms. The van der Waals surface area contributed by atoms with Crippen molar-refractivity contribution in [1.29, 1.82) is 0 Å². The van der Waals surface area contributed by atoms with Gasteiger partial charge in [-0.25, -0.2) is 4.98 Å². The number of hydrogen-bond donors (Lipinski definition) is 1. The van der Waals surface area contributed by atoms with Gasteiger partial charge in [0.2, 0.25) is 0 Å². The molecule has 1 aromatic heterocycles. The minimum absolute atomic E-state index is 0.146. The second kappa shape index (κ2) is 4.39. The molecule has 0 aliphatic carbocycles. The van der Waals surface area contributed by atoms with E-state index < -0.39 is 5.97 Å². The van der Waals surface area contributed by atoms with Crippen molar-refractivity contribution in [3.63, 3.8) is 0 Å². The largest absolute Gasteiger partial charge is 0.481 e. The lowest BCUT2D eigenvalue weighted by Gasteiger charge is -2.23. The third-order valence-corrected chi connectivity index (χ3v) is 4.52. The van der Waals surface area contributed by atoms with Crippen molar-refractivity contribution >= 4 is 5.97 Å². The van der Waals surface area contributed by atoms with Crippen molar-refractivity contribution in [2.75, 3.05) is 6.54 Å². The molecule has 5 nitrogen and oxygen atoms in total. The highest BCUT2D eigenvalue weighted by Gasteiger charge is 2.48. The molecular formula is C13H19N3O2. The van der Waals surface area contributed by atoms with Gasteiger partial charge in [0.05, 0.1) is 5.92 Å². The number of fused-ring (bicyclic) bond motifs is 2. The number of carboxylic acids is 1. The Hall–Kier alpha value is -1.36. The van der Waals surface area contributed by atoms with Gasteiger partial charge in [0.25, 0.3) is 0 Å². The fourth-order valence-electron chi connectivity index (χ4n) is 3.58. The summed E-state index contributed by atoms with van der Waals surface area (Å²) in [4.78, 5) is 17.8. The van der Waals surface area contributed by atoms with E-state index in [9.17, 15) is 9.90 Å². The fraction of sp³-hybridized carbons (Fsp3) is 0.692. The molecule has 98 valence electrons. The van der Waals surface area contributed by atoms with Crippen molar-refractivity contribution in [3.8, 4) is 0 Å². The summed E-state index contributed by atoms with van der Waals surface area (Å²) >= 11 is 0. The van der Waals surface area contributed by atoms with Gasteiger partial charge in [-0.15, -0.1) is 0 Å². The van der Waals surface area contributed by atoms with Gasteiger partial charge >= 0.3 is 5.97 Å². The number of imidazole rings is 1. The molecule has 0 radical (unpaired) electrons. The fourth-order valence-corrected chi connectivity index (χ4v) is 3.58. The van der Waals surface area contributed by atoms with Gasteiger partial charge in [-0.3, -0.25) is 9.69 Å². The molecule has 3 heterocycles. The van der Waals surface area contributed by atoms with Gasteiger partial charge in [0.1, 0.15) is 5.82 Å². The molecule has 0 saturated carbocycles.